The first-order valence-electron chi connectivity index (χ1n) is 6.38. The number of hydrogen-bond donors (Lipinski definition) is 1. The number of nitrogens with zero attached hydrogens (tertiary/aromatic N) is 2. The lowest BCUT2D eigenvalue weighted by Crippen LogP contribution is -2.18. The molecule has 1 N–H and O–H groups in total. The van der Waals surface area contributed by atoms with Crippen LogP contribution in [0, 0.1) is 0 Å². The standard InChI is InChI=1S/C14H15Br2N3/c1-19-13-7-3-6-12(9(13)8-17-19)18-14-10(15)4-2-5-11(14)16/h2,4-5,8,12,18H,3,6-7H2,1H3. The normalized spacial score (nSPS) is 18.2. The fourth-order valence-corrected chi connectivity index (χ4v) is 3.89. The van der Waals surface area contributed by atoms with Crippen LogP contribution in [0.15, 0.2) is 33.3 Å². The number of anilines is 1. The van der Waals surface area contributed by atoms with E-state index < -0.39 is 0 Å². The van der Waals surface area contributed by atoms with E-state index in [9.17, 15) is 0 Å². The van der Waals surface area contributed by atoms with Gasteiger partial charge in [0.15, 0.2) is 0 Å². The Hall–Kier alpha value is -0.810. The van der Waals surface area contributed by atoms with E-state index in [2.05, 4.69) is 54.4 Å². The van der Waals surface area contributed by atoms with Gasteiger partial charge in [0, 0.05) is 27.3 Å². The van der Waals surface area contributed by atoms with Gasteiger partial charge >= 0.3 is 0 Å². The number of halogens is 2. The Morgan fingerprint density at radius 2 is 2.05 bits per heavy atom. The Kier molecular flexibility index (Phi) is 3.67. The molecule has 100 valence electrons. The van der Waals surface area contributed by atoms with E-state index in [0.717, 1.165) is 27.5 Å². The van der Waals surface area contributed by atoms with Crippen molar-refractivity contribution in [1.29, 1.82) is 0 Å². The molecule has 3 rings (SSSR count). The van der Waals surface area contributed by atoms with Gasteiger partial charge in [-0.15, -0.1) is 0 Å². The SMILES string of the molecule is Cn1ncc2c1CCCC2Nc1c(Br)cccc1Br. The molecule has 0 saturated heterocycles. The van der Waals surface area contributed by atoms with Crippen LogP contribution in [0.25, 0.3) is 0 Å². The Morgan fingerprint density at radius 3 is 2.79 bits per heavy atom. The van der Waals surface area contributed by atoms with Crippen LogP contribution in [0.3, 0.4) is 0 Å². The first-order chi connectivity index (χ1) is 9.16. The first kappa shape index (κ1) is 13.2. The van der Waals surface area contributed by atoms with Crippen LogP contribution in [-0.4, -0.2) is 9.78 Å². The number of hydrogen-bond acceptors (Lipinski definition) is 2. The quantitative estimate of drug-likeness (QED) is 0.829. The second kappa shape index (κ2) is 5.29. The van der Waals surface area contributed by atoms with Crippen LogP contribution >= 0.6 is 31.9 Å². The molecule has 0 amide bonds. The van der Waals surface area contributed by atoms with E-state index in [0.29, 0.717) is 6.04 Å². The van der Waals surface area contributed by atoms with Gasteiger partial charge in [0.2, 0.25) is 0 Å². The highest BCUT2D eigenvalue weighted by Gasteiger charge is 2.24. The molecule has 2 aromatic rings. The van der Waals surface area contributed by atoms with Crippen molar-refractivity contribution in [2.75, 3.05) is 5.32 Å². The molecule has 0 saturated carbocycles. The molecule has 1 aromatic heterocycles. The van der Waals surface area contributed by atoms with Crippen LogP contribution in [0.4, 0.5) is 5.69 Å². The molecule has 19 heavy (non-hydrogen) atoms. The minimum absolute atomic E-state index is 0.340. The molecule has 3 nitrogen and oxygen atoms in total. The highest BCUT2D eigenvalue weighted by Crippen LogP contribution is 2.37. The maximum atomic E-state index is 4.39. The van der Waals surface area contributed by atoms with Crippen LogP contribution in [0.5, 0.6) is 0 Å². The molecule has 1 atom stereocenters. The molecule has 5 heteroatoms. The second-order valence-electron chi connectivity index (χ2n) is 4.86. The summed E-state index contributed by atoms with van der Waals surface area (Å²) in [6, 6.07) is 6.48. The Balaban J connectivity index is 1.93. The molecule has 0 spiro atoms. The van der Waals surface area contributed by atoms with Gasteiger partial charge in [-0.25, -0.2) is 0 Å². The molecule has 1 aromatic carbocycles. The summed E-state index contributed by atoms with van der Waals surface area (Å²) in [4.78, 5) is 0. The Labute approximate surface area is 129 Å². The van der Waals surface area contributed by atoms with Gasteiger partial charge in [0.05, 0.1) is 17.9 Å². The summed E-state index contributed by atoms with van der Waals surface area (Å²) in [6.45, 7) is 0. The molecule has 0 bridgehead atoms. The van der Waals surface area contributed by atoms with Crippen molar-refractivity contribution in [3.63, 3.8) is 0 Å². The summed E-state index contributed by atoms with van der Waals surface area (Å²) in [7, 11) is 2.02. The molecule has 1 aliphatic rings. The van der Waals surface area contributed by atoms with Crippen LogP contribution < -0.4 is 5.32 Å². The molecule has 1 aliphatic carbocycles. The van der Waals surface area contributed by atoms with Gasteiger partial charge in [0.25, 0.3) is 0 Å². The summed E-state index contributed by atoms with van der Waals surface area (Å²) >= 11 is 7.21. The van der Waals surface area contributed by atoms with Crippen molar-refractivity contribution in [3.8, 4) is 0 Å². The van der Waals surface area contributed by atoms with Crippen molar-refractivity contribution >= 4 is 37.5 Å². The first-order valence-corrected chi connectivity index (χ1v) is 7.96. The van der Waals surface area contributed by atoms with Crippen molar-refractivity contribution < 1.29 is 0 Å². The third-order valence-corrected chi connectivity index (χ3v) is 4.98. The Morgan fingerprint density at radius 1 is 1.32 bits per heavy atom. The third kappa shape index (κ3) is 2.46. The fraction of sp³-hybridized carbons (Fsp3) is 0.357. The zero-order valence-corrected chi connectivity index (χ0v) is 13.8. The lowest BCUT2D eigenvalue weighted by Gasteiger charge is -2.25. The van der Waals surface area contributed by atoms with E-state index in [1.807, 2.05) is 24.0 Å². The summed E-state index contributed by atoms with van der Waals surface area (Å²) in [6.07, 6.45) is 5.47. The molecule has 1 unspecified atom stereocenters. The largest absolute Gasteiger partial charge is 0.376 e. The average Bonchev–Trinajstić information content (AvgIpc) is 2.77. The monoisotopic (exact) mass is 383 g/mol. The van der Waals surface area contributed by atoms with Gasteiger partial charge in [-0.2, -0.15) is 5.10 Å². The minimum Gasteiger partial charge on any atom is -0.376 e. The van der Waals surface area contributed by atoms with Crippen molar-refractivity contribution in [2.24, 2.45) is 7.05 Å². The predicted octanol–water partition coefficient (Wildman–Crippen LogP) is 4.43. The van der Waals surface area contributed by atoms with Crippen LogP contribution in [0.1, 0.15) is 30.1 Å². The Bertz CT molecular complexity index is 586. The zero-order valence-electron chi connectivity index (χ0n) is 10.7. The highest BCUT2D eigenvalue weighted by molar-refractivity contribution is 9.11. The maximum Gasteiger partial charge on any atom is 0.0633 e. The third-order valence-electron chi connectivity index (χ3n) is 3.66. The molecule has 0 aliphatic heterocycles. The number of para-hydroxylation sites is 1. The van der Waals surface area contributed by atoms with E-state index in [1.165, 1.54) is 17.7 Å². The molecule has 0 fully saturated rings. The molecular weight excluding hydrogens is 370 g/mol. The summed E-state index contributed by atoms with van der Waals surface area (Å²) < 4.78 is 4.16. The van der Waals surface area contributed by atoms with E-state index >= 15 is 0 Å². The second-order valence-corrected chi connectivity index (χ2v) is 6.56. The lowest BCUT2D eigenvalue weighted by atomic mass is 9.93. The molecular formula is C14H15Br2N3. The van der Waals surface area contributed by atoms with E-state index in [4.69, 9.17) is 0 Å². The van der Waals surface area contributed by atoms with Gasteiger partial charge in [-0.05, 0) is 63.3 Å². The predicted molar refractivity (Wildman–Crippen MR) is 84.4 cm³/mol. The average molecular weight is 385 g/mol. The smallest absolute Gasteiger partial charge is 0.0633 e. The number of benzene rings is 1. The van der Waals surface area contributed by atoms with Gasteiger partial charge in [-0.3, -0.25) is 4.68 Å². The van der Waals surface area contributed by atoms with E-state index in [1.54, 1.807) is 0 Å². The van der Waals surface area contributed by atoms with E-state index in [-0.39, 0.29) is 0 Å². The number of aromatic nitrogens is 2. The molecule has 1 heterocycles. The van der Waals surface area contributed by atoms with Crippen LogP contribution in [-0.2, 0) is 13.5 Å². The summed E-state index contributed by atoms with van der Waals surface area (Å²) in [5.74, 6) is 0. The zero-order chi connectivity index (χ0) is 13.4. The highest BCUT2D eigenvalue weighted by atomic mass is 79.9. The van der Waals surface area contributed by atoms with Crippen molar-refractivity contribution in [1.82, 2.24) is 9.78 Å². The number of fused-ring (bicyclic) bond motifs is 1. The van der Waals surface area contributed by atoms with Gasteiger partial charge < -0.3 is 5.32 Å². The van der Waals surface area contributed by atoms with Crippen molar-refractivity contribution in [3.05, 3.63) is 44.6 Å². The maximum absolute atomic E-state index is 4.39. The lowest BCUT2D eigenvalue weighted by molar-refractivity contribution is 0.571. The molecule has 0 radical (unpaired) electrons. The summed E-state index contributed by atoms with van der Waals surface area (Å²) in [5, 5.41) is 8.03. The van der Waals surface area contributed by atoms with Crippen molar-refractivity contribution in [2.45, 2.75) is 25.3 Å². The number of rotatable bonds is 2. The van der Waals surface area contributed by atoms with Gasteiger partial charge in [-0.1, -0.05) is 6.07 Å². The number of aryl methyl sites for hydroxylation is 1. The fourth-order valence-electron chi connectivity index (χ4n) is 2.67. The minimum atomic E-state index is 0.340. The summed E-state index contributed by atoms with van der Waals surface area (Å²) in [5.41, 5.74) is 3.80. The van der Waals surface area contributed by atoms with Gasteiger partial charge in [0.1, 0.15) is 0 Å². The van der Waals surface area contributed by atoms with Crippen LogP contribution in [0.2, 0.25) is 0 Å². The number of nitrogens with one attached hydrogen (secondary N) is 1. The topological polar surface area (TPSA) is 29.9 Å².